The van der Waals surface area contributed by atoms with Crippen LogP contribution in [-0.4, -0.2) is 48.1 Å². The molecule has 0 amide bonds. The van der Waals surface area contributed by atoms with E-state index in [1.54, 1.807) is 7.05 Å². The molecule has 2 heterocycles. The first kappa shape index (κ1) is 15.3. The van der Waals surface area contributed by atoms with Crippen molar-refractivity contribution in [3.8, 4) is 6.07 Å². The lowest BCUT2D eigenvalue weighted by molar-refractivity contribution is -0.0613. The van der Waals surface area contributed by atoms with Crippen molar-refractivity contribution in [1.82, 2.24) is 0 Å². The minimum absolute atomic E-state index is 0.197. The first-order valence-electron chi connectivity index (χ1n) is 7.58. The summed E-state index contributed by atoms with van der Waals surface area (Å²) in [7, 11) is -0.346. The van der Waals surface area contributed by atoms with Gasteiger partial charge in [0.05, 0.1) is 23.8 Å². The Morgan fingerprint density at radius 2 is 2.00 bits per heavy atom. The van der Waals surface area contributed by atoms with Crippen molar-refractivity contribution in [1.29, 1.82) is 5.26 Å². The van der Waals surface area contributed by atoms with Crippen molar-refractivity contribution in [2.45, 2.75) is 18.4 Å². The third-order valence-electron chi connectivity index (χ3n) is 4.70. The molecular formula is C16H21N3O2S. The summed E-state index contributed by atoms with van der Waals surface area (Å²) in [5, 5.41) is 8.89. The fraction of sp³-hybridized carbons (Fsp3) is 0.562. The normalized spacial score (nSPS) is 31.7. The molecule has 2 aliphatic rings. The molecule has 1 aromatic carbocycles. The van der Waals surface area contributed by atoms with Gasteiger partial charge in [0.2, 0.25) is 0 Å². The van der Waals surface area contributed by atoms with E-state index in [9.17, 15) is 4.21 Å². The van der Waals surface area contributed by atoms with Crippen molar-refractivity contribution in [2.75, 3.05) is 43.1 Å². The van der Waals surface area contributed by atoms with E-state index < -0.39 is 9.73 Å². The Kier molecular flexibility index (Phi) is 4.11. The lowest BCUT2D eigenvalue weighted by atomic mass is 9.94. The lowest BCUT2D eigenvalue weighted by Gasteiger charge is -2.46. The highest BCUT2D eigenvalue weighted by atomic mass is 32.2. The second-order valence-corrected chi connectivity index (χ2v) is 8.70. The Balaban J connectivity index is 1.74. The molecule has 2 aliphatic heterocycles. The van der Waals surface area contributed by atoms with Crippen LogP contribution in [0.4, 0.5) is 5.69 Å². The zero-order chi connectivity index (χ0) is 15.6. The number of nitrogens with zero attached hydrogens (tertiary/aromatic N) is 3. The van der Waals surface area contributed by atoms with Crippen LogP contribution >= 0.6 is 0 Å². The Bertz CT molecular complexity index is 685. The highest BCUT2D eigenvalue weighted by Gasteiger charge is 2.41. The first-order valence-corrected chi connectivity index (χ1v) is 9.43. The number of morpholine rings is 1. The first-order chi connectivity index (χ1) is 10.6. The average molecular weight is 319 g/mol. The van der Waals surface area contributed by atoms with Crippen LogP contribution in [0.1, 0.15) is 18.4 Å². The monoisotopic (exact) mass is 319 g/mol. The number of hydrogen-bond donors (Lipinski definition) is 0. The molecule has 0 radical (unpaired) electrons. The van der Waals surface area contributed by atoms with Crippen molar-refractivity contribution in [2.24, 2.45) is 4.36 Å². The molecule has 0 N–H and O–H groups in total. The Hall–Kier alpha value is -1.58. The van der Waals surface area contributed by atoms with E-state index in [1.165, 1.54) is 0 Å². The van der Waals surface area contributed by atoms with E-state index in [0.717, 1.165) is 31.6 Å². The van der Waals surface area contributed by atoms with Crippen LogP contribution in [0.5, 0.6) is 0 Å². The Morgan fingerprint density at radius 3 is 2.59 bits per heavy atom. The summed E-state index contributed by atoms with van der Waals surface area (Å²) >= 11 is 0. The topological polar surface area (TPSA) is 65.7 Å². The van der Waals surface area contributed by atoms with Gasteiger partial charge in [-0.1, -0.05) is 0 Å². The fourth-order valence-electron chi connectivity index (χ4n) is 3.22. The fourth-order valence-corrected chi connectivity index (χ4v) is 5.17. The smallest absolute Gasteiger partial charge is 0.0991 e. The summed E-state index contributed by atoms with van der Waals surface area (Å²) < 4.78 is 22.5. The molecule has 6 heteroatoms. The summed E-state index contributed by atoms with van der Waals surface area (Å²) in [6, 6.07) is 9.82. The van der Waals surface area contributed by atoms with Gasteiger partial charge in [-0.05, 0) is 37.1 Å². The van der Waals surface area contributed by atoms with E-state index in [0.29, 0.717) is 23.7 Å². The number of hydrogen-bond acceptors (Lipinski definition) is 5. The molecule has 0 aliphatic carbocycles. The largest absolute Gasteiger partial charge is 0.371 e. The van der Waals surface area contributed by atoms with Gasteiger partial charge >= 0.3 is 0 Å². The minimum atomic E-state index is -2.00. The molecule has 1 aromatic rings. The van der Waals surface area contributed by atoms with Crippen molar-refractivity contribution in [3.05, 3.63) is 29.8 Å². The van der Waals surface area contributed by atoms with Crippen LogP contribution in [0, 0.1) is 11.3 Å². The van der Waals surface area contributed by atoms with Crippen molar-refractivity contribution in [3.63, 3.8) is 0 Å². The maximum atomic E-state index is 12.4. The summed E-state index contributed by atoms with van der Waals surface area (Å²) in [5.41, 5.74) is 1.60. The molecule has 3 rings (SSSR count). The molecule has 5 nitrogen and oxygen atoms in total. The van der Waals surface area contributed by atoms with Crippen LogP contribution < -0.4 is 4.90 Å². The van der Waals surface area contributed by atoms with Gasteiger partial charge in [0.15, 0.2) is 0 Å². The molecule has 0 aromatic heterocycles. The second-order valence-electron chi connectivity index (χ2n) is 5.98. The summed E-state index contributed by atoms with van der Waals surface area (Å²) in [6.07, 6.45) is 1.60. The number of ether oxygens (including phenoxy) is 1. The molecule has 2 saturated heterocycles. The molecule has 118 valence electrons. The van der Waals surface area contributed by atoms with Gasteiger partial charge < -0.3 is 9.64 Å². The zero-order valence-electron chi connectivity index (χ0n) is 12.8. The molecule has 22 heavy (non-hydrogen) atoms. The van der Waals surface area contributed by atoms with E-state index in [1.807, 2.05) is 24.3 Å². The van der Waals surface area contributed by atoms with Gasteiger partial charge in [-0.2, -0.15) is 5.26 Å². The number of nitriles is 1. The third-order valence-corrected chi connectivity index (χ3v) is 7.05. The van der Waals surface area contributed by atoms with Crippen LogP contribution in [0.2, 0.25) is 0 Å². The van der Waals surface area contributed by atoms with Gasteiger partial charge in [0.25, 0.3) is 0 Å². The zero-order valence-corrected chi connectivity index (χ0v) is 13.6. The molecule has 0 saturated carbocycles. The van der Waals surface area contributed by atoms with Crippen LogP contribution in [-0.2, 0) is 14.5 Å². The van der Waals surface area contributed by atoms with E-state index >= 15 is 0 Å². The summed E-state index contributed by atoms with van der Waals surface area (Å²) in [6.45, 7) is 2.35. The van der Waals surface area contributed by atoms with E-state index in [2.05, 4.69) is 15.3 Å². The Morgan fingerprint density at radius 1 is 1.32 bits per heavy atom. The van der Waals surface area contributed by atoms with Gasteiger partial charge in [0, 0.05) is 47.1 Å². The van der Waals surface area contributed by atoms with Crippen molar-refractivity contribution >= 4 is 15.4 Å². The second kappa shape index (κ2) is 5.90. The highest BCUT2D eigenvalue weighted by Crippen LogP contribution is 2.33. The van der Waals surface area contributed by atoms with Gasteiger partial charge in [-0.25, -0.2) is 8.57 Å². The number of anilines is 1. The van der Waals surface area contributed by atoms with Crippen LogP contribution in [0.25, 0.3) is 0 Å². The van der Waals surface area contributed by atoms with Crippen LogP contribution in [0.3, 0.4) is 0 Å². The summed E-state index contributed by atoms with van der Waals surface area (Å²) in [4.78, 5) is 2.31. The Labute approximate surface area is 132 Å². The number of rotatable bonds is 1. The minimum Gasteiger partial charge on any atom is -0.371 e. The molecular weight excluding hydrogens is 298 g/mol. The van der Waals surface area contributed by atoms with Gasteiger partial charge in [-0.3, -0.25) is 0 Å². The third kappa shape index (κ3) is 2.96. The maximum absolute atomic E-state index is 12.4. The molecule has 2 fully saturated rings. The van der Waals surface area contributed by atoms with E-state index in [4.69, 9.17) is 10.00 Å². The molecule has 1 spiro atoms. The summed E-state index contributed by atoms with van der Waals surface area (Å²) in [5.74, 6) is 1.26. The van der Waals surface area contributed by atoms with Gasteiger partial charge in [0.1, 0.15) is 0 Å². The molecule has 0 bridgehead atoms. The quantitative estimate of drug-likeness (QED) is 0.794. The lowest BCUT2D eigenvalue weighted by Crippen LogP contribution is -2.55. The maximum Gasteiger partial charge on any atom is 0.0991 e. The SMILES string of the molecule is CN=S1(=O)CCC2(CC1)CN(c1ccc(C#N)cc1)CCO2. The standard InChI is InChI=1S/C16H21N3O2S/c1-18-22(20)10-6-16(7-11-22)13-19(8-9-21-16)15-4-2-14(12-17)3-5-15/h2-5H,6-11,13H2,1H3. The van der Waals surface area contributed by atoms with Crippen molar-refractivity contribution < 1.29 is 8.95 Å². The van der Waals surface area contributed by atoms with Gasteiger partial charge in [-0.15, -0.1) is 0 Å². The predicted molar refractivity (Wildman–Crippen MR) is 87.5 cm³/mol. The molecule has 0 unspecified atom stereocenters. The highest BCUT2D eigenvalue weighted by molar-refractivity contribution is 7.93. The predicted octanol–water partition coefficient (Wildman–Crippen LogP) is 2.03. The average Bonchev–Trinajstić information content (AvgIpc) is 2.58. The number of benzene rings is 1. The van der Waals surface area contributed by atoms with Crippen LogP contribution in [0.15, 0.2) is 28.6 Å². The van der Waals surface area contributed by atoms with E-state index in [-0.39, 0.29) is 5.60 Å². The molecule has 0 atom stereocenters.